The molecule has 1 aliphatic heterocycles. The van der Waals surface area contributed by atoms with Crippen LogP contribution in [0.3, 0.4) is 0 Å². The van der Waals surface area contributed by atoms with Crippen molar-refractivity contribution in [1.82, 2.24) is 9.88 Å². The second-order valence-corrected chi connectivity index (χ2v) is 5.01. The van der Waals surface area contributed by atoms with Crippen molar-refractivity contribution in [2.75, 3.05) is 50.0 Å². The van der Waals surface area contributed by atoms with Gasteiger partial charge in [-0.3, -0.25) is 9.88 Å². The lowest BCUT2D eigenvalue weighted by Gasteiger charge is -2.37. The number of pyridine rings is 1. The molecular formula is C13H22N4O. The Bertz CT molecular complexity index is 377. The average Bonchev–Trinajstić information content (AvgIpc) is 2.40. The molecule has 5 heteroatoms. The van der Waals surface area contributed by atoms with Crippen LogP contribution in [-0.2, 0) is 0 Å². The number of nitrogen functional groups attached to an aromatic ring is 1. The fourth-order valence-electron chi connectivity index (χ4n) is 2.36. The number of piperazine rings is 1. The zero-order valence-electron chi connectivity index (χ0n) is 10.9. The maximum atomic E-state index is 9.07. The van der Waals surface area contributed by atoms with E-state index < -0.39 is 0 Å². The molecule has 1 aromatic heterocycles. The Kier molecular flexibility index (Phi) is 4.38. The van der Waals surface area contributed by atoms with Crippen molar-refractivity contribution in [2.45, 2.75) is 6.92 Å². The van der Waals surface area contributed by atoms with Crippen molar-refractivity contribution >= 4 is 11.4 Å². The highest BCUT2D eigenvalue weighted by atomic mass is 16.3. The Balaban J connectivity index is 1.89. The van der Waals surface area contributed by atoms with Crippen LogP contribution in [0, 0.1) is 5.92 Å². The van der Waals surface area contributed by atoms with E-state index in [9.17, 15) is 0 Å². The number of aliphatic hydroxyl groups is 1. The smallest absolute Gasteiger partial charge is 0.0738 e. The quantitative estimate of drug-likeness (QED) is 0.810. The molecule has 0 bridgehead atoms. The van der Waals surface area contributed by atoms with Gasteiger partial charge < -0.3 is 15.7 Å². The van der Waals surface area contributed by atoms with Gasteiger partial charge in [0.15, 0.2) is 0 Å². The molecular weight excluding hydrogens is 228 g/mol. The molecule has 0 radical (unpaired) electrons. The summed E-state index contributed by atoms with van der Waals surface area (Å²) in [5.41, 5.74) is 7.77. The number of hydrogen-bond donors (Lipinski definition) is 2. The molecule has 1 unspecified atom stereocenters. The van der Waals surface area contributed by atoms with E-state index in [1.807, 2.05) is 6.07 Å². The highest BCUT2D eigenvalue weighted by Gasteiger charge is 2.19. The maximum Gasteiger partial charge on any atom is 0.0738 e. The first-order valence-corrected chi connectivity index (χ1v) is 6.48. The summed E-state index contributed by atoms with van der Waals surface area (Å²) in [4.78, 5) is 8.72. The first kappa shape index (κ1) is 13.1. The van der Waals surface area contributed by atoms with Gasteiger partial charge in [-0.1, -0.05) is 6.92 Å². The topological polar surface area (TPSA) is 65.6 Å². The van der Waals surface area contributed by atoms with E-state index in [4.69, 9.17) is 10.8 Å². The van der Waals surface area contributed by atoms with Crippen LogP contribution in [0.4, 0.5) is 11.4 Å². The third-order valence-corrected chi connectivity index (χ3v) is 3.42. The van der Waals surface area contributed by atoms with E-state index in [0.717, 1.165) is 44.1 Å². The van der Waals surface area contributed by atoms with Crippen molar-refractivity contribution in [3.05, 3.63) is 18.5 Å². The van der Waals surface area contributed by atoms with Crippen LogP contribution in [-0.4, -0.2) is 54.3 Å². The number of rotatable bonds is 4. The number of aromatic nitrogens is 1. The summed E-state index contributed by atoms with van der Waals surface area (Å²) in [7, 11) is 0. The molecule has 0 aromatic carbocycles. The number of nitrogens with zero attached hydrogens (tertiary/aromatic N) is 3. The van der Waals surface area contributed by atoms with Crippen LogP contribution in [0.1, 0.15) is 6.92 Å². The minimum absolute atomic E-state index is 0.261. The average molecular weight is 250 g/mol. The van der Waals surface area contributed by atoms with E-state index in [2.05, 4.69) is 21.7 Å². The Hall–Kier alpha value is -1.33. The summed E-state index contributed by atoms with van der Waals surface area (Å²) in [5, 5.41) is 9.07. The molecule has 0 saturated carbocycles. The third kappa shape index (κ3) is 3.11. The lowest BCUT2D eigenvalue weighted by atomic mass is 10.1. The van der Waals surface area contributed by atoms with Crippen molar-refractivity contribution in [3.8, 4) is 0 Å². The molecule has 2 heterocycles. The standard InChI is InChI=1S/C13H22N4O/c1-11(10-18)9-16-4-6-17(7-5-16)13-2-3-15-8-12(13)14/h2-3,8,11,18H,4-7,9-10,14H2,1H3. The van der Waals surface area contributed by atoms with E-state index in [1.165, 1.54) is 0 Å². The Morgan fingerprint density at radius 3 is 2.72 bits per heavy atom. The monoisotopic (exact) mass is 250 g/mol. The molecule has 5 nitrogen and oxygen atoms in total. The molecule has 18 heavy (non-hydrogen) atoms. The fraction of sp³-hybridized carbons (Fsp3) is 0.615. The highest BCUT2D eigenvalue weighted by molar-refractivity contribution is 5.66. The molecule has 0 aliphatic carbocycles. The lowest BCUT2D eigenvalue weighted by Crippen LogP contribution is -2.48. The first-order valence-electron chi connectivity index (χ1n) is 6.48. The number of nitrogens with two attached hydrogens (primary N) is 1. The van der Waals surface area contributed by atoms with Gasteiger partial charge in [-0.2, -0.15) is 0 Å². The second-order valence-electron chi connectivity index (χ2n) is 5.01. The zero-order chi connectivity index (χ0) is 13.0. The molecule has 1 aromatic rings. The summed E-state index contributed by atoms with van der Waals surface area (Å²) in [6, 6.07) is 1.97. The van der Waals surface area contributed by atoms with Crippen LogP contribution >= 0.6 is 0 Å². The molecule has 100 valence electrons. The van der Waals surface area contributed by atoms with Gasteiger partial charge in [0.1, 0.15) is 0 Å². The van der Waals surface area contributed by atoms with Crippen LogP contribution in [0.15, 0.2) is 18.5 Å². The van der Waals surface area contributed by atoms with Crippen molar-refractivity contribution < 1.29 is 5.11 Å². The predicted molar refractivity (Wildman–Crippen MR) is 73.6 cm³/mol. The van der Waals surface area contributed by atoms with E-state index >= 15 is 0 Å². The van der Waals surface area contributed by atoms with Gasteiger partial charge in [0, 0.05) is 45.5 Å². The summed E-state index contributed by atoms with van der Waals surface area (Å²) in [6.07, 6.45) is 3.49. The van der Waals surface area contributed by atoms with E-state index in [1.54, 1.807) is 12.4 Å². The van der Waals surface area contributed by atoms with E-state index in [-0.39, 0.29) is 6.61 Å². The SMILES string of the molecule is CC(CO)CN1CCN(c2ccncc2N)CC1. The van der Waals surface area contributed by atoms with Gasteiger partial charge in [0.25, 0.3) is 0 Å². The van der Waals surface area contributed by atoms with Crippen molar-refractivity contribution in [2.24, 2.45) is 5.92 Å². The lowest BCUT2D eigenvalue weighted by molar-refractivity contribution is 0.168. The maximum absolute atomic E-state index is 9.07. The summed E-state index contributed by atoms with van der Waals surface area (Å²) >= 11 is 0. The highest BCUT2D eigenvalue weighted by Crippen LogP contribution is 2.22. The Labute approximate surface area is 108 Å². The van der Waals surface area contributed by atoms with Gasteiger partial charge in [-0.05, 0) is 12.0 Å². The van der Waals surface area contributed by atoms with Gasteiger partial charge in [0.2, 0.25) is 0 Å². The van der Waals surface area contributed by atoms with Crippen LogP contribution in [0.25, 0.3) is 0 Å². The van der Waals surface area contributed by atoms with Crippen LogP contribution < -0.4 is 10.6 Å². The first-order chi connectivity index (χ1) is 8.70. The largest absolute Gasteiger partial charge is 0.396 e. The third-order valence-electron chi connectivity index (χ3n) is 3.42. The molecule has 1 fully saturated rings. The van der Waals surface area contributed by atoms with Gasteiger partial charge in [-0.25, -0.2) is 0 Å². The van der Waals surface area contributed by atoms with Gasteiger partial charge >= 0.3 is 0 Å². The predicted octanol–water partition coefficient (Wildman–Crippen LogP) is 0.414. The fourth-order valence-corrected chi connectivity index (χ4v) is 2.36. The number of aliphatic hydroxyl groups excluding tert-OH is 1. The molecule has 3 N–H and O–H groups in total. The molecule has 1 aliphatic rings. The molecule has 2 rings (SSSR count). The Morgan fingerprint density at radius 1 is 1.39 bits per heavy atom. The van der Waals surface area contributed by atoms with E-state index in [0.29, 0.717) is 5.92 Å². The van der Waals surface area contributed by atoms with Crippen molar-refractivity contribution in [1.29, 1.82) is 0 Å². The van der Waals surface area contributed by atoms with Crippen LogP contribution in [0.5, 0.6) is 0 Å². The summed E-state index contributed by atoms with van der Waals surface area (Å²) in [5.74, 6) is 0.350. The Morgan fingerprint density at radius 2 is 2.11 bits per heavy atom. The van der Waals surface area contributed by atoms with Gasteiger partial charge in [0.05, 0.1) is 17.6 Å². The normalized spacial score (nSPS) is 18.9. The summed E-state index contributed by atoms with van der Waals surface area (Å²) < 4.78 is 0. The number of hydrogen-bond acceptors (Lipinski definition) is 5. The molecule has 1 saturated heterocycles. The summed E-state index contributed by atoms with van der Waals surface area (Å²) in [6.45, 7) is 7.30. The second kappa shape index (κ2) is 6.02. The minimum Gasteiger partial charge on any atom is -0.396 e. The number of anilines is 2. The molecule has 0 amide bonds. The van der Waals surface area contributed by atoms with Crippen LogP contribution in [0.2, 0.25) is 0 Å². The minimum atomic E-state index is 0.261. The molecule has 1 atom stereocenters. The molecule has 0 spiro atoms. The van der Waals surface area contributed by atoms with Crippen molar-refractivity contribution in [3.63, 3.8) is 0 Å². The zero-order valence-corrected chi connectivity index (χ0v) is 10.9. The van der Waals surface area contributed by atoms with Gasteiger partial charge in [-0.15, -0.1) is 0 Å².